The molecule has 1 unspecified atom stereocenters. The van der Waals surface area contributed by atoms with Crippen molar-refractivity contribution >= 4 is 50.7 Å². The van der Waals surface area contributed by atoms with E-state index in [4.69, 9.17) is 23.2 Å². The number of nitrogens with one attached hydrogen (secondary N) is 1. The number of amides is 2. The summed E-state index contributed by atoms with van der Waals surface area (Å²) >= 11 is 12.4. The lowest BCUT2D eigenvalue weighted by Crippen LogP contribution is -2.53. The largest absolute Gasteiger partial charge is 0.354 e. The Kier molecular flexibility index (Phi) is 11.0. The fraction of sp³-hybridized carbons (Fsp3) is 0.333. The van der Waals surface area contributed by atoms with Crippen LogP contribution >= 0.6 is 23.2 Å². The van der Waals surface area contributed by atoms with Gasteiger partial charge in [-0.2, -0.15) is 0 Å². The van der Waals surface area contributed by atoms with Gasteiger partial charge in [0.1, 0.15) is 12.6 Å². The Morgan fingerprint density at radius 1 is 0.900 bits per heavy atom. The Hall–Kier alpha value is -3.07. The van der Waals surface area contributed by atoms with Gasteiger partial charge in [-0.05, 0) is 53.8 Å². The molecule has 3 rings (SSSR count). The van der Waals surface area contributed by atoms with E-state index in [1.54, 1.807) is 36.4 Å². The smallest absolute Gasteiger partial charge is 0.244 e. The first-order valence-electron chi connectivity index (χ1n) is 12.9. The van der Waals surface area contributed by atoms with Gasteiger partial charge in [-0.25, -0.2) is 8.42 Å². The minimum atomic E-state index is -3.83. The fourth-order valence-electron chi connectivity index (χ4n) is 4.21. The maximum atomic E-state index is 14.1. The summed E-state index contributed by atoms with van der Waals surface area (Å²) < 4.78 is 26.8. The molecule has 3 aromatic carbocycles. The van der Waals surface area contributed by atoms with Crippen molar-refractivity contribution in [1.82, 2.24) is 10.2 Å². The van der Waals surface area contributed by atoms with Crippen LogP contribution < -0.4 is 9.62 Å². The molecule has 0 aliphatic heterocycles. The normalized spacial score (nSPS) is 12.2. The SMILES string of the molecule is Cc1cccc(N(CC(=O)N(Cc2ccc(Cl)c(Cl)c2)C(Cc2ccccc2)C(=O)NCC(C)C)S(C)(=O)=O)c1. The second kappa shape index (κ2) is 14.0. The lowest BCUT2D eigenvalue weighted by Gasteiger charge is -2.33. The van der Waals surface area contributed by atoms with E-state index in [0.29, 0.717) is 27.8 Å². The third-order valence-electron chi connectivity index (χ3n) is 6.26. The predicted molar refractivity (Wildman–Crippen MR) is 162 cm³/mol. The second-order valence-electron chi connectivity index (χ2n) is 10.2. The van der Waals surface area contributed by atoms with Crippen molar-refractivity contribution in [2.75, 3.05) is 23.7 Å². The van der Waals surface area contributed by atoms with Gasteiger partial charge in [-0.15, -0.1) is 0 Å². The van der Waals surface area contributed by atoms with Crippen molar-refractivity contribution in [3.05, 3.63) is 99.5 Å². The molecule has 1 atom stereocenters. The van der Waals surface area contributed by atoms with Crippen LogP contribution in [0.1, 0.15) is 30.5 Å². The van der Waals surface area contributed by atoms with Crippen molar-refractivity contribution in [1.29, 1.82) is 0 Å². The Labute approximate surface area is 247 Å². The summed E-state index contributed by atoms with van der Waals surface area (Å²) in [6.45, 7) is 5.78. The summed E-state index contributed by atoms with van der Waals surface area (Å²) in [5, 5.41) is 3.63. The summed E-state index contributed by atoms with van der Waals surface area (Å²) in [6, 6.07) is 20.4. The summed E-state index contributed by atoms with van der Waals surface area (Å²) in [4.78, 5) is 29.1. The monoisotopic (exact) mass is 603 g/mol. The molecule has 3 aromatic rings. The van der Waals surface area contributed by atoms with Crippen molar-refractivity contribution in [2.24, 2.45) is 5.92 Å². The summed E-state index contributed by atoms with van der Waals surface area (Å²) in [5.74, 6) is -0.659. The number of halogens is 2. The molecule has 1 N–H and O–H groups in total. The zero-order valence-electron chi connectivity index (χ0n) is 23.1. The van der Waals surface area contributed by atoms with E-state index in [1.807, 2.05) is 57.2 Å². The minimum absolute atomic E-state index is 0.0216. The molecule has 0 heterocycles. The zero-order valence-corrected chi connectivity index (χ0v) is 25.4. The molecule has 0 aromatic heterocycles. The van der Waals surface area contributed by atoms with Crippen molar-refractivity contribution in [3.63, 3.8) is 0 Å². The van der Waals surface area contributed by atoms with Crippen LogP contribution in [0.3, 0.4) is 0 Å². The average Bonchev–Trinajstić information content (AvgIpc) is 2.89. The summed E-state index contributed by atoms with van der Waals surface area (Å²) in [7, 11) is -3.83. The molecule has 7 nitrogen and oxygen atoms in total. The van der Waals surface area contributed by atoms with E-state index in [1.165, 1.54) is 4.90 Å². The van der Waals surface area contributed by atoms with E-state index >= 15 is 0 Å². The quantitative estimate of drug-likeness (QED) is 0.297. The van der Waals surface area contributed by atoms with Crippen LogP contribution in [0.5, 0.6) is 0 Å². The maximum absolute atomic E-state index is 14.1. The lowest BCUT2D eigenvalue weighted by molar-refractivity contribution is -0.140. The number of carbonyl (C=O) groups is 2. The number of benzene rings is 3. The zero-order chi connectivity index (χ0) is 29.4. The van der Waals surface area contributed by atoms with Gasteiger partial charge >= 0.3 is 0 Å². The van der Waals surface area contributed by atoms with E-state index in [-0.39, 0.29) is 24.8 Å². The standard InChI is InChI=1S/C30H35Cl2N3O4S/c1-21(2)18-33-30(37)28(17-23-10-6-5-7-11-23)34(19-24-13-14-26(31)27(32)16-24)29(36)20-35(40(4,38)39)25-12-8-9-22(3)15-25/h5-16,21,28H,17-20H2,1-4H3,(H,33,37). The van der Waals surface area contributed by atoms with Crippen LogP contribution in [0.25, 0.3) is 0 Å². The topological polar surface area (TPSA) is 86.8 Å². The van der Waals surface area contributed by atoms with E-state index < -0.39 is 28.5 Å². The molecule has 0 saturated carbocycles. The number of aryl methyl sites for hydroxylation is 1. The molecule has 214 valence electrons. The van der Waals surface area contributed by atoms with Crippen LogP contribution in [0.15, 0.2) is 72.8 Å². The summed E-state index contributed by atoms with van der Waals surface area (Å²) in [6.07, 6.45) is 1.30. The molecular weight excluding hydrogens is 569 g/mol. The Morgan fingerprint density at radius 2 is 1.60 bits per heavy atom. The third-order valence-corrected chi connectivity index (χ3v) is 8.14. The maximum Gasteiger partial charge on any atom is 0.244 e. The Balaban J connectivity index is 2.06. The molecule has 0 radical (unpaired) electrons. The summed E-state index contributed by atoms with van der Waals surface area (Å²) in [5.41, 5.74) is 2.73. The van der Waals surface area contributed by atoms with Crippen LogP contribution in [0.4, 0.5) is 5.69 Å². The van der Waals surface area contributed by atoms with Gasteiger partial charge in [0, 0.05) is 19.5 Å². The first kappa shape index (κ1) is 31.5. The van der Waals surface area contributed by atoms with Crippen molar-refractivity contribution < 1.29 is 18.0 Å². The first-order chi connectivity index (χ1) is 18.8. The molecular formula is C30H35Cl2N3O4S. The van der Waals surface area contributed by atoms with Crippen LogP contribution in [0.2, 0.25) is 10.0 Å². The van der Waals surface area contributed by atoms with E-state index in [2.05, 4.69) is 5.32 Å². The van der Waals surface area contributed by atoms with Crippen LogP contribution in [-0.4, -0.2) is 50.5 Å². The van der Waals surface area contributed by atoms with Gasteiger partial charge in [-0.1, -0.05) is 85.6 Å². The van der Waals surface area contributed by atoms with Gasteiger partial charge in [0.15, 0.2) is 0 Å². The number of sulfonamides is 1. The highest BCUT2D eigenvalue weighted by Gasteiger charge is 2.33. The average molecular weight is 605 g/mol. The second-order valence-corrected chi connectivity index (χ2v) is 12.9. The van der Waals surface area contributed by atoms with Gasteiger partial charge < -0.3 is 10.2 Å². The van der Waals surface area contributed by atoms with Gasteiger partial charge in [0.2, 0.25) is 21.8 Å². The number of hydrogen-bond donors (Lipinski definition) is 1. The van der Waals surface area contributed by atoms with E-state index in [9.17, 15) is 18.0 Å². The molecule has 0 aliphatic rings. The van der Waals surface area contributed by atoms with Crippen molar-refractivity contribution in [2.45, 2.75) is 39.8 Å². The third kappa shape index (κ3) is 8.98. The van der Waals surface area contributed by atoms with Gasteiger partial charge in [0.25, 0.3) is 0 Å². The number of nitrogens with zero attached hydrogens (tertiary/aromatic N) is 2. The molecule has 10 heteroatoms. The molecule has 40 heavy (non-hydrogen) atoms. The molecule has 0 saturated heterocycles. The highest BCUT2D eigenvalue weighted by molar-refractivity contribution is 7.92. The van der Waals surface area contributed by atoms with E-state index in [0.717, 1.165) is 21.7 Å². The Bertz CT molecular complexity index is 1430. The van der Waals surface area contributed by atoms with Gasteiger partial charge in [-0.3, -0.25) is 13.9 Å². The molecule has 0 spiro atoms. The van der Waals surface area contributed by atoms with Crippen LogP contribution in [0, 0.1) is 12.8 Å². The highest BCUT2D eigenvalue weighted by Crippen LogP contribution is 2.25. The molecule has 2 amide bonds. The number of hydrogen-bond acceptors (Lipinski definition) is 4. The fourth-order valence-corrected chi connectivity index (χ4v) is 5.37. The Morgan fingerprint density at radius 3 is 2.20 bits per heavy atom. The molecule has 0 bridgehead atoms. The molecule has 0 fully saturated rings. The number of anilines is 1. The number of rotatable bonds is 12. The van der Waals surface area contributed by atoms with Crippen LogP contribution in [-0.2, 0) is 32.6 Å². The first-order valence-corrected chi connectivity index (χ1v) is 15.5. The minimum Gasteiger partial charge on any atom is -0.354 e. The predicted octanol–water partition coefficient (Wildman–Crippen LogP) is 5.48. The lowest BCUT2D eigenvalue weighted by atomic mass is 10.0. The molecule has 0 aliphatic carbocycles. The van der Waals surface area contributed by atoms with Gasteiger partial charge in [0.05, 0.1) is 22.0 Å². The van der Waals surface area contributed by atoms with Crippen molar-refractivity contribution in [3.8, 4) is 0 Å². The highest BCUT2D eigenvalue weighted by atomic mass is 35.5. The number of carbonyl (C=O) groups excluding carboxylic acids is 2.